The molecule has 4 heteroatoms. The monoisotopic (exact) mass is 244 g/mol. The van der Waals surface area contributed by atoms with Gasteiger partial charge in [-0.25, -0.2) is 4.98 Å². The number of benzene rings is 1. The highest BCUT2D eigenvalue weighted by Gasteiger charge is 2.05. The summed E-state index contributed by atoms with van der Waals surface area (Å²) in [6.45, 7) is 0.154. The van der Waals surface area contributed by atoms with Crippen molar-refractivity contribution in [2.75, 3.05) is 6.61 Å². The van der Waals surface area contributed by atoms with E-state index in [1.165, 1.54) is 6.07 Å². The van der Waals surface area contributed by atoms with Gasteiger partial charge in [0.15, 0.2) is 12.4 Å². The minimum absolute atomic E-state index is 0.154. The molecule has 0 spiro atoms. The Bertz CT molecular complexity index is 549. The van der Waals surface area contributed by atoms with E-state index in [0.29, 0.717) is 16.9 Å². The molecule has 0 aliphatic carbocycles. The van der Waals surface area contributed by atoms with Gasteiger partial charge in [0.2, 0.25) is 5.88 Å². The maximum atomic E-state index is 5.90. The van der Waals surface area contributed by atoms with Gasteiger partial charge in [-0.1, -0.05) is 47.9 Å². The van der Waals surface area contributed by atoms with Gasteiger partial charge in [-0.15, -0.1) is 6.42 Å². The SMILES string of the molecule is C#CCOc1cc(Cl)nc(-c2ccccc2)n1. The number of terminal acetylenes is 1. The zero-order chi connectivity index (χ0) is 12.1. The minimum atomic E-state index is 0.154. The second-order valence-electron chi connectivity index (χ2n) is 3.21. The van der Waals surface area contributed by atoms with E-state index in [0.717, 1.165) is 5.56 Å². The first-order valence-corrected chi connectivity index (χ1v) is 5.33. The highest BCUT2D eigenvalue weighted by molar-refractivity contribution is 6.29. The lowest BCUT2D eigenvalue weighted by Gasteiger charge is -2.05. The highest BCUT2D eigenvalue weighted by Crippen LogP contribution is 2.20. The van der Waals surface area contributed by atoms with Gasteiger partial charge >= 0.3 is 0 Å². The van der Waals surface area contributed by atoms with Gasteiger partial charge in [-0.2, -0.15) is 4.98 Å². The Labute approximate surface area is 104 Å². The molecule has 84 valence electrons. The van der Waals surface area contributed by atoms with Gasteiger partial charge in [0, 0.05) is 11.6 Å². The van der Waals surface area contributed by atoms with Crippen LogP contribution in [0.15, 0.2) is 36.4 Å². The fourth-order valence-corrected chi connectivity index (χ4v) is 1.48. The van der Waals surface area contributed by atoms with Crippen LogP contribution in [0.25, 0.3) is 11.4 Å². The zero-order valence-electron chi connectivity index (χ0n) is 8.93. The summed E-state index contributed by atoms with van der Waals surface area (Å²) in [5, 5.41) is 0.325. The van der Waals surface area contributed by atoms with Gasteiger partial charge in [0.1, 0.15) is 5.15 Å². The van der Waals surface area contributed by atoms with Crippen molar-refractivity contribution in [1.29, 1.82) is 0 Å². The van der Waals surface area contributed by atoms with Crippen LogP contribution in [-0.4, -0.2) is 16.6 Å². The predicted molar refractivity (Wildman–Crippen MR) is 66.8 cm³/mol. The zero-order valence-corrected chi connectivity index (χ0v) is 9.69. The van der Waals surface area contributed by atoms with Crippen LogP contribution in [0.2, 0.25) is 5.15 Å². The Balaban J connectivity index is 2.36. The summed E-state index contributed by atoms with van der Waals surface area (Å²) in [5.74, 6) is 3.26. The number of halogens is 1. The number of hydrogen-bond donors (Lipinski definition) is 0. The molecule has 0 bridgehead atoms. The van der Waals surface area contributed by atoms with Crippen molar-refractivity contribution < 1.29 is 4.74 Å². The molecule has 2 rings (SSSR count). The molecule has 3 nitrogen and oxygen atoms in total. The van der Waals surface area contributed by atoms with E-state index in [4.69, 9.17) is 22.8 Å². The van der Waals surface area contributed by atoms with Gasteiger partial charge < -0.3 is 4.74 Å². The number of nitrogens with zero attached hydrogens (tertiary/aromatic N) is 2. The fraction of sp³-hybridized carbons (Fsp3) is 0.0769. The van der Waals surface area contributed by atoms with Gasteiger partial charge in [-0.05, 0) is 0 Å². The number of ether oxygens (including phenoxy) is 1. The van der Waals surface area contributed by atoms with E-state index in [1.807, 2.05) is 30.3 Å². The summed E-state index contributed by atoms with van der Waals surface area (Å²) in [6, 6.07) is 11.1. The Morgan fingerprint density at radius 3 is 2.71 bits per heavy atom. The Kier molecular flexibility index (Phi) is 3.59. The molecule has 0 aliphatic heterocycles. The van der Waals surface area contributed by atoms with Crippen molar-refractivity contribution in [3.05, 3.63) is 41.6 Å². The van der Waals surface area contributed by atoms with Crippen LogP contribution in [0.3, 0.4) is 0 Å². The molecule has 0 amide bonds. The smallest absolute Gasteiger partial charge is 0.219 e. The van der Waals surface area contributed by atoms with Crippen molar-refractivity contribution in [1.82, 2.24) is 9.97 Å². The highest BCUT2D eigenvalue weighted by atomic mass is 35.5. The molecular formula is C13H9ClN2O. The van der Waals surface area contributed by atoms with E-state index in [1.54, 1.807) is 0 Å². The van der Waals surface area contributed by atoms with Crippen LogP contribution in [0.1, 0.15) is 0 Å². The summed E-state index contributed by atoms with van der Waals surface area (Å²) in [7, 11) is 0. The lowest BCUT2D eigenvalue weighted by Crippen LogP contribution is -1.98. The standard InChI is InChI=1S/C13H9ClN2O/c1-2-8-17-12-9-11(14)15-13(16-12)10-6-4-3-5-7-10/h1,3-7,9H,8H2. The van der Waals surface area contributed by atoms with Crippen LogP contribution in [0.5, 0.6) is 5.88 Å². The molecule has 0 unspecified atom stereocenters. The second-order valence-corrected chi connectivity index (χ2v) is 3.60. The fourth-order valence-electron chi connectivity index (χ4n) is 1.30. The lowest BCUT2D eigenvalue weighted by atomic mass is 10.2. The van der Waals surface area contributed by atoms with Crippen molar-refractivity contribution in [2.45, 2.75) is 0 Å². The molecule has 0 saturated heterocycles. The Morgan fingerprint density at radius 1 is 1.24 bits per heavy atom. The molecule has 0 N–H and O–H groups in total. The largest absolute Gasteiger partial charge is 0.464 e. The minimum Gasteiger partial charge on any atom is -0.464 e. The van der Waals surface area contributed by atoms with E-state index < -0.39 is 0 Å². The van der Waals surface area contributed by atoms with E-state index >= 15 is 0 Å². The second kappa shape index (κ2) is 5.33. The first kappa shape index (κ1) is 11.4. The van der Waals surface area contributed by atoms with Gasteiger partial charge in [0.25, 0.3) is 0 Å². The van der Waals surface area contributed by atoms with E-state index in [-0.39, 0.29) is 6.61 Å². The Morgan fingerprint density at radius 2 is 2.00 bits per heavy atom. The van der Waals surface area contributed by atoms with E-state index in [9.17, 15) is 0 Å². The molecule has 1 aromatic carbocycles. The molecule has 0 saturated carbocycles. The van der Waals surface area contributed by atoms with Crippen LogP contribution < -0.4 is 4.74 Å². The summed E-state index contributed by atoms with van der Waals surface area (Å²) < 4.78 is 5.23. The molecule has 0 radical (unpaired) electrons. The number of hydrogen-bond acceptors (Lipinski definition) is 3. The molecule has 0 atom stereocenters. The number of rotatable bonds is 3. The molecule has 2 aromatic rings. The number of aromatic nitrogens is 2. The molecule has 17 heavy (non-hydrogen) atoms. The quantitative estimate of drug-likeness (QED) is 0.615. The topological polar surface area (TPSA) is 35.0 Å². The first-order chi connectivity index (χ1) is 8.29. The van der Waals surface area contributed by atoms with Crippen LogP contribution in [-0.2, 0) is 0 Å². The lowest BCUT2D eigenvalue weighted by molar-refractivity contribution is 0.355. The predicted octanol–water partition coefficient (Wildman–Crippen LogP) is 2.81. The summed E-state index contributed by atoms with van der Waals surface area (Å²) in [4.78, 5) is 8.36. The first-order valence-electron chi connectivity index (χ1n) is 4.96. The van der Waals surface area contributed by atoms with Crippen molar-refractivity contribution in [3.63, 3.8) is 0 Å². The summed E-state index contributed by atoms with van der Waals surface area (Å²) in [5.41, 5.74) is 0.876. The van der Waals surface area contributed by atoms with Crippen LogP contribution in [0.4, 0.5) is 0 Å². The third-order valence-corrected chi connectivity index (χ3v) is 2.20. The normalized spacial score (nSPS) is 9.65. The van der Waals surface area contributed by atoms with Gasteiger partial charge in [-0.3, -0.25) is 0 Å². The van der Waals surface area contributed by atoms with Crippen molar-refractivity contribution in [3.8, 4) is 29.6 Å². The maximum Gasteiger partial charge on any atom is 0.219 e. The van der Waals surface area contributed by atoms with Gasteiger partial charge in [0.05, 0.1) is 0 Å². The maximum absolute atomic E-state index is 5.90. The molecular weight excluding hydrogens is 236 g/mol. The molecule has 0 aliphatic rings. The van der Waals surface area contributed by atoms with Crippen LogP contribution >= 0.6 is 11.6 Å². The van der Waals surface area contributed by atoms with Crippen LogP contribution in [0, 0.1) is 12.3 Å². The van der Waals surface area contributed by atoms with Crippen molar-refractivity contribution >= 4 is 11.6 Å². The Hall–Kier alpha value is -2.05. The average Bonchev–Trinajstić information content (AvgIpc) is 2.37. The third-order valence-electron chi connectivity index (χ3n) is 2.01. The molecule has 0 fully saturated rings. The molecule has 1 aromatic heterocycles. The summed E-state index contributed by atoms with van der Waals surface area (Å²) >= 11 is 5.90. The molecule has 1 heterocycles. The average molecular weight is 245 g/mol. The third kappa shape index (κ3) is 2.96. The van der Waals surface area contributed by atoms with E-state index in [2.05, 4.69) is 15.9 Å². The van der Waals surface area contributed by atoms with Crippen molar-refractivity contribution in [2.24, 2.45) is 0 Å². The summed E-state index contributed by atoms with van der Waals surface area (Å²) in [6.07, 6.45) is 5.11.